The lowest BCUT2D eigenvalue weighted by molar-refractivity contribution is 0.390. The van der Waals surface area contributed by atoms with Crippen LogP contribution in [-0.2, 0) is 0 Å². The first-order valence-electron chi connectivity index (χ1n) is 7.51. The highest BCUT2D eigenvalue weighted by Crippen LogP contribution is 2.22. The summed E-state index contributed by atoms with van der Waals surface area (Å²) in [7, 11) is 2.02. The minimum atomic E-state index is 0.384. The first kappa shape index (κ1) is 15.3. The molecule has 0 fully saturated rings. The average molecular weight is 251 g/mol. The summed E-state index contributed by atoms with van der Waals surface area (Å²) in [6, 6.07) is 4.52. The Hall–Kier alpha value is -0.760. The van der Waals surface area contributed by atoms with Gasteiger partial charge in [0.2, 0.25) is 0 Å². The molecular weight excluding hydrogens is 222 g/mol. The topological polar surface area (TPSA) is 25.2 Å². The third kappa shape index (κ3) is 5.72. The van der Waals surface area contributed by atoms with Crippen LogP contribution in [0.1, 0.15) is 75.9 Å². The Morgan fingerprint density at radius 1 is 1.06 bits per heavy atom. The minimum Gasteiger partial charge on any atom is -0.465 e. The number of furan rings is 1. The maximum Gasteiger partial charge on any atom is 0.121 e. The molecule has 1 atom stereocenters. The van der Waals surface area contributed by atoms with Crippen LogP contribution in [0.2, 0.25) is 0 Å². The van der Waals surface area contributed by atoms with E-state index in [0.717, 1.165) is 11.5 Å². The molecule has 0 saturated heterocycles. The standard InChI is InChI=1S/C16H29NO/c1-4-5-6-7-8-9-10-11-15(17-3)16-13-12-14(2)18-16/h12-13,15,17H,4-11H2,1-3H3. The van der Waals surface area contributed by atoms with Gasteiger partial charge < -0.3 is 9.73 Å². The molecule has 1 aromatic heterocycles. The average Bonchev–Trinajstić information content (AvgIpc) is 2.79. The van der Waals surface area contributed by atoms with E-state index in [-0.39, 0.29) is 0 Å². The van der Waals surface area contributed by atoms with Crippen LogP contribution < -0.4 is 5.32 Å². The van der Waals surface area contributed by atoms with Crippen LogP contribution >= 0.6 is 0 Å². The zero-order valence-electron chi connectivity index (χ0n) is 12.3. The molecule has 0 aliphatic rings. The first-order valence-corrected chi connectivity index (χ1v) is 7.51. The van der Waals surface area contributed by atoms with Gasteiger partial charge in [0.1, 0.15) is 11.5 Å². The van der Waals surface area contributed by atoms with E-state index in [1.165, 1.54) is 51.4 Å². The molecule has 0 radical (unpaired) electrons. The van der Waals surface area contributed by atoms with Crippen LogP contribution in [0.25, 0.3) is 0 Å². The van der Waals surface area contributed by atoms with Crippen LogP contribution in [0.5, 0.6) is 0 Å². The summed E-state index contributed by atoms with van der Waals surface area (Å²) in [5.41, 5.74) is 0. The van der Waals surface area contributed by atoms with Crippen molar-refractivity contribution >= 4 is 0 Å². The van der Waals surface area contributed by atoms with Crippen LogP contribution in [0.15, 0.2) is 16.5 Å². The zero-order chi connectivity index (χ0) is 13.2. The molecule has 1 heterocycles. The van der Waals surface area contributed by atoms with E-state index in [2.05, 4.69) is 18.3 Å². The molecule has 0 aliphatic heterocycles. The van der Waals surface area contributed by atoms with E-state index in [1.807, 2.05) is 20.0 Å². The Morgan fingerprint density at radius 2 is 1.72 bits per heavy atom. The summed E-state index contributed by atoms with van der Waals surface area (Å²) in [5.74, 6) is 2.09. The Kier molecular flexibility index (Phi) is 7.83. The van der Waals surface area contributed by atoms with Crippen molar-refractivity contribution in [3.63, 3.8) is 0 Å². The summed E-state index contributed by atoms with van der Waals surface area (Å²) in [6.45, 7) is 4.27. The summed E-state index contributed by atoms with van der Waals surface area (Å²) >= 11 is 0. The summed E-state index contributed by atoms with van der Waals surface area (Å²) in [4.78, 5) is 0. The molecule has 0 saturated carbocycles. The number of unbranched alkanes of at least 4 members (excludes halogenated alkanes) is 6. The second-order valence-electron chi connectivity index (χ2n) is 5.20. The molecule has 2 heteroatoms. The highest BCUT2D eigenvalue weighted by Gasteiger charge is 2.12. The summed E-state index contributed by atoms with van der Waals surface area (Å²) in [6.07, 6.45) is 10.7. The fourth-order valence-corrected chi connectivity index (χ4v) is 2.38. The van der Waals surface area contributed by atoms with Gasteiger partial charge >= 0.3 is 0 Å². The van der Waals surface area contributed by atoms with Gasteiger partial charge in [-0.15, -0.1) is 0 Å². The van der Waals surface area contributed by atoms with Crippen molar-refractivity contribution in [3.05, 3.63) is 23.7 Å². The maximum absolute atomic E-state index is 5.68. The lowest BCUT2D eigenvalue weighted by atomic mass is 10.0. The SMILES string of the molecule is CCCCCCCCCC(NC)c1ccc(C)o1. The molecule has 0 aliphatic carbocycles. The number of nitrogens with one attached hydrogen (secondary N) is 1. The van der Waals surface area contributed by atoms with Gasteiger partial charge in [-0.2, -0.15) is 0 Å². The Balaban J connectivity index is 2.13. The fourth-order valence-electron chi connectivity index (χ4n) is 2.38. The van der Waals surface area contributed by atoms with Gasteiger partial charge in [-0.05, 0) is 32.5 Å². The van der Waals surface area contributed by atoms with Gasteiger partial charge in [0.05, 0.1) is 6.04 Å². The Bertz CT molecular complexity index is 306. The molecule has 1 N–H and O–H groups in total. The van der Waals surface area contributed by atoms with Gasteiger partial charge in [0, 0.05) is 0 Å². The predicted molar refractivity (Wildman–Crippen MR) is 77.9 cm³/mol. The fraction of sp³-hybridized carbons (Fsp3) is 0.750. The molecule has 0 aromatic carbocycles. The monoisotopic (exact) mass is 251 g/mol. The summed E-state index contributed by atoms with van der Waals surface area (Å²) in [5, 5.41) is 3.35. The Labute approximate surface area is 112 Å². The van der Waals surface area contributed by atoms with Crippen molar-refractivity contribution in [2.45, 2.75) is 71.3 Å². The van der Waals surface area contributed by atoms with Gasteiger partial charge in [-0.25, -0.2) is 0 Å². The van der Waals surface area contributed by atoms with Crippen molar-refractivity contribution in [2.24, 2.45) is 0 Å². The van der Waals surface area contributed by atoms with Crippen molar-refractivity contribution in [1.82, 2.24) is 5.32 Å². The molecule has 0 spiro atoms. The van der Waals surface area contributed by atoms with Crippen molar-refractivity contribution in [1.29, 1.82) is 0 Å². The number of hydrogen-bond donors (Lipinski definition) is 1. The molecule has 0 amide bonds. The van der Waals surface area contributed by atoms with Crippen LogP contribution in [-0.4, -0.2) is 7.05 Å². The normalized spacial score (nSPS) is 12.8. The number of rotatable bonds is 10. The van der Waals surface area contributed by atoms with Crippen molar-refractivity contribution in [3.8, 4) is 0 Å². The van der Waals surface area contributed by atoms with Crippen molar-refractivity contribution < 1.29 is 4.42 Å². The third-order valence-electron chi connectivity index (χ3n) is 3.55. The lowest BCUT2D eigenvalue weighted by Crippen LogP contribution is -2.15. The first-order chi connectivity index (χ1) is 8.77. The number of hydrogen-bond acceptors (Lipinski definition) is 2. The summed E-state index contributed by atoms with van der Waals surface area (Å²) < 4.78 is 5.68. The van der Waals surface area contributed by atoms with Crippen molar-refractivity contribution in [2.75, 3.05) is 7.05 Å². The Morgan fingerprint density at radius 3 is 2.28 bits per heavy atom. The minimum absolute atomic E-state index is 0.384. The van der Waals surface area contributed by atoms with Crippen LogP contribution in [0.4, 0.5) is 0 Å². The zero-order valence-corrected chi connectivity index (χ0v) is 12.3. The second-order valence-corrected chi connectivity index (χ2v) is 5.20. The second kappa shape index (κ2) is 9.21. The van der Waals surface area contributed by atoms with E-state index in [4.69, 9.17) is 4.42 Å². The van der Waals surface area contributed by atoms with E-state index < -0.39 is 0 Å². The van der Waals surface area contributed by atoms with Gasteiger partial charge in [-0.3, -0.25) is 0 Å². The lowest BCUT2D eigenvalue weighted by Gasteiger charge is -2.13. The smallest absolute Gasteiger partial charge is 0.121 e. The molecule has 2 nitrogen and oxygen atoms in total. The van der Waals surface area contributed by atoms with E-state index in [1.54, 1.807) is 0 Å². The number of aryl methyl sites for hydroxylation is 1. The van der Waals surface area contributed by atoms with Crippen LogP contribution in [0.3, 0.4) is 0 Å². The molecule has 104 valence electrons. The highest BCUT2D eigenvalue weighted by molar-refractivity contribution is 5.09. The highest BCUT2D eigenvalue weighted by atomic mass is 16.3. The molecule has 18 heavy (non-hydrogen) atoms. The van der Waals surface area contributed by atoms with Gasteiger partial charge in [0.15, 0.2) is 0 Å². The largest absolute Gasteiger partial charge is 0.465 e. The molecule has 1 aromatic rings. The quantitative estimate of drug-likeness (QED) is 0.593. The van der Waals surface area contributed by atoms with Gasteiger partial charge in [0.25, 0.3) is 0 Å². The van der Waals surface area contributed by atoms with Gasteiger partial charge in [-0.1, -0.05) is 51.9 Å². The molecular formula is C16H29NO. The molecule has 1 unspecified atom stereocenters. The predicted octanol–water partition coefficient (Wildman–Crippen LogP) is 4.99. The third-order valence-corrected chi connectivity index (χ3v) is 3.55. The van der Waals surface area contributed by atoms with E-state index in [0.29, 0.717) is 6.04 Å². The van der Waals surface area contributed by atoms with E-state index in [9.17, 15) is 0 Å². The molecule has 1 rings (SSSR count). The van der Waals surface area contributed by atoms with Crippen LogP contribution in [0, 0.1) is 6.92 Å². The maximum atomic E-state index is 5.68. The molecule has 0 bridgehead atoms. The van der Waals surface area contributed by atoms with E-state index >= 15 is 0 Å².